The third-order valence-electron chi connectivity index (χ3n) is 2.10. The smallest absolute Gasteiger partial charge is 0.298 e. The SMILES string of the molecule is CON(OC)C(=O)Sc1cc(C)c(Cl)cc1C=O. The van der Waals surface area contributed by atoms with Crippen LogP contribution in [0, 0.1) is 6.92 Å². The third kappa shape index (κ3) is 3.46. The molecular formula is C11H12ClNO4S. The molecule has 1 aromatic carbocycles. The zero-order valence-corrected chi connectivity index (χ0v) is 11.7. The van der Waals surface area contributed by atoms with Crippen molar-refractivity contribution in [3.8, 4) is 0 Å². The summed E-state index contributed by atoms with van der Waals surface area (Å²) >= 11 is 6.73. The molecule has 18 heavy (non-hydrogen) atoms. The lowest BCUT2D eigenvalue weighted by Gasteiger charge is -2.15. The number of benzene rings is 1. The minimum Gasteiger partial charge on any atom is -0.298 e. The molecule has 0 aliphatic heterocycles. The van der Waals surface area contributed by atoms with E-state index in [0.29, 0.717) is 27.0 Å². The highest BCUT2D eigenvalue weighted by molar-refractivity contribution is 8.13. The van der Waals surface area contributed by atoms with Crippen LogP contribution in [0.3, 0.4) is 0 Å². The predicted octanol–water partition coefficient (Wildman–Crippen LogP) is 3.10. The first-order valence-electron chi connectivity index (χ1n) is 4.89. The number of rotatable bonds is 4. The summed E-state index contributed by atoms with van der Waals surface area (Å²) in [6, 6.07) is 3.18. The number of amides is 1. The second-order valence-electron chi connectivity index (χ2n) is 3.25. The Morgan fingerprint density at radius 1 is 1.39 bits per heavy atom. The molecule has 5 nitrogen and oxygen atoms in total. The Morgan fingerprint density at radius 3 is 2.50 bits per heavy atom. The van der Waals surface area contributed by atoms with Gasteiger partial charge in [-0.15, -0.1) is 0 Å². The highest BCUT2D eigenvalue weighted by Crippen LogP contribution is 2.29. The fraction of sp³-hybridized carbons (Fsp3) is 0.273. The molecule has 1 aromatic rings. The Kier molecular flexibility index (Phi) is 5.61. The number of hydrogen-bond acceptors (Lipinski definition) is 5. The summed E-state index contributed by atoms with van der Waals surface area (Å²) in [4.78, 5) is 32.5. The topological polar surface area (TPSA) is 55.8 Å². The summed E-state index contributed by atoms with van der Waals surface area (Å²) in [5.74, 6) is 0. The Balaban J connectivity index is 3.00. The lowest BCUT2D eigenvalue weighted by Crippen LogP contribution is -2.25. The van der Waals surface area contributed by atoms with Gasteiger partial charge >= 0.3 is 5.24 Å². The Morgan fingerprint density at radius 2 is 2.00 bits per heavy atom. The summed E-state index contributed by atoms with van der Waals surface area (Å²) in [6.45, 7) is 1.79. The number of nitrogens with zero attached hydrogens (tertiary/aromatic N) is 1. The van der Waals surface area contributed by atoms with Crippen LogP contribution in [0.15, 0.2) is 17.0 Å². The standard InChI is InChI=1S/C11H12ClNO4S/c1-7-4-10(8(6-14)5-9(7)12)18-11(15)13(16-2)17-3/h4-6H,1-3H3. The van der Waals surface area contributed by atoms with Gasteiger partial charge in [0, 0.05) is 15.5 Å². The highest BCUT2D eigenvalue weighted by atomic mass is 35.5. The zero-order chi connectivity index (χ0) is 13.7. The van der Waals surface area contributed by atoms with Gasteiger partial charge in [0.2, 0.25) is 0 Å². The van der Waals surface area contributed by atoms with Crippen LogP contribution < -0.4 is 0 Å². The first-order valence-corrected chi connectivity index (χ1v) is 6.08. The summed E-state index contributed by atoms with van der Waals surface area (Å²) in [5, 5.41) is 0.692. The molecule has 98 valence electrons. The fourth-order valence-electron chi connectivity index (χ4n) is 1.21. The number of hydrogen-bond donors (Lipinski definition) is 0. The number of aryl methyl sites for hydroxylation is 1. The molecule has 1 amide bonds. The molecule has 0 fully saturated rings. The molecule has 0 aromatic heterocycles. The van der Waals surface area contributed by atoms with Gasteiger partial charge in [-0.25, -0.2) is 9.68 Å². The molecule has 0 aliphatic rings. The van der Waals surface area contributed by atoms with E-state index < -0.39 is 5.24 Å². The van der Waals surface area contributed by atoms with E-state index >= 15 is 0 Å². The normalized spacial score (nSPS) is 10.2. The van der Waals surface area contributed by atoms with Crippen LogP contribution in [-0.4, -0.2) is 31.0 Å². The van der Waals surface area contributed by atoms with E-state index in [1.807, 2.05) is 0 Å². The first-order chi connectivity index (χ1) is 8.53. The predicted molar refractivity (Wildman–Crippen MR) is 68.7 cm³/mol. The van der Waals surface area contributed by atoms with Crippen LogP contribution in [0.5, 0.6) is 0 Å². The molecule has 0 heterocycles. The fourth-order valence-corrected chi connectivity index (χ4v) is 2.25. The van der Waals surface area contributed by atoms with Crippen LogP contribution in [0.1, 0.15) is 15.9 Å². The molecule has 0 spiro atoms. The molecule has 7 heteroatoms. The number of halogens is 1. The van der Waals surface area contributed by atoms with Gasteiger partial charge in [0.1, 0.15) is 0 Å². The zero-order valence-electron chi connectivity index (χ0n) is 10.1. The van der Waals surface area contributed by atoms with Crippen molar-refractivity contribution >= 4 is 34.9 Å². The Bertz CT molecular complexity index is 463. The second-order valence-corrected chi connectivity index (χ2v) is 4.65. The number of carbonyl (C=O) groups excluding carboxylic acids is 2. The number of thioether (sulfide) groups is 1. The van der Waals surface area contributed by atoms with Crippen molar-refractivity contribution in [1.82, 2.24) is 5.23 Å². The van der Waals surface area contributed by atoms with Crippen molar-refractivity contribution in [1.29, 1.82) is 0 Å². The molecule has 0 N–H and O–H groups in total. The van der Waals surface area contributed by atoms with Crippen molar-refractivity contribution < 1.29 is 19.3 Å². The maximum absolute atomic E-state index is 11.7. The van der Waals surface area contributed by atoms with Gasteiger partial charge in [-0.2, -0.15) is 0 Å². The molecule has 0 unspecified atom stereocenters. The van der Waals surface area contributed by atoms with E-state index in [1.165, 1.54) is 20.3 Å². The van der Waals surface area contributed by atoms with Crippen molar-refractivity contribution in [2.75, 3.05) is 14.2 Å². The van der Waals surface area contributed by atoms with Crippen molar-refractivity contribution in [2.45, 2.75) is 11.8 Å². The number of aldehydes is 1. The quantitative estimate of drug-likeness (QED) is 0.484. The van der Waals surface area contributed by atoms with E-state index in [1.54, 1.807) is 13.0 Å². The van der Waals surface area contributed by atoms with E-state index in [9.17, 15) is 9.59 Å². The second kappa shape index (κ2) is 6.75. The summed E-state index contributed by atoms with van der Waals surface area (Å²) < 4.78 is 0. The van der Waals surface area contributed by atoms with E-state index in [0.717, 1.165) is 17.3 Å². The molecule has 1 rings (SSSR count). The molecule has 0 saturated carbocycles. The molecular weight excluding hydrogens is 278 g/mol. The minimum absolute atomic E-state index is 0.344. The van der Waals surface area contributed by atoms with Gasteiger partial charge in [0.05, 0.1) is 14.2 Å². The average Bonchev–Trinajstić information content (AvgIpc) is 2.35. The third-order valence-corrected chi connectivity index (χ3v) is 3.40. The monoisotopic (exact) mass is 289 g/mol. The number of carbonyl (C=O) groups is 2. The Hall–Kier alpha value is -1.08. The van der Waals surface area contributed by atoms with Crippen molar-refractivity contribution in [2.24, 2.45) is 0 Å². The molecule has 0 bridgehead atoms. The van der Waals surface area contributed by atoms with Crippen molar-refractivity contribution in [3.05, 3.63) is 28.3 Å². The molecule has 0 atom stereocenters. The summed E-state index contributed by atoms with van der Waals surface area (Å²) in [5.41, 5.74) is 1.12. The first kappa shape index (κ1) is 15.0. The maximum Gasteiger partial charge on any atom is 0.335 e. The van der Waals surface area contributed by atoms with E-state index in [2.05, 4.69) is 9.68 Å². The van der Waals surface area contributed by atoms with Gasteiger partial charge in [-0.3, -0.25) is 9.59 Å². The highest BCUT2D eigenvalue weighted by Gasteiger charge is 2.17. The summed E-state index contributed by atoms with van der Waals surface area (Å²) in [6.07, 6.45) is 0.644. The van der Waals surface area contributed by atoms with Crippen LogP contribution >= 0.6 is 23.4 Å². The average molecular weight is 290 g/mol. The van der Waals surface area contributed by atoms with Gasteiger partial charge in [0.25, 0.3) is 0 Å². The molecule has 0 aliphatic carbocycles. The Labute approximate surface area is 114 Å². The van der Waals surface area contributed by atoms with Gasteiger partial charge in [-0.05, 0) is 36.4 Å². The van der Waals surface area contributed by atoms with Gasteiger partial charge in [0.15, 0.2) is 6.29 Å². The summed E-state index contributed by atoms with van der Waals surface area (Å²) in [7, 11) is 2.60. The lowest BCUT2D eigenvalue weighted by molar-refractivity contribution is -0.292. The maximum atomic E-state index is 11.7. The van der Waals surface area contributed by atoms with Crippen LogP contribution in [-0.2, 0) is 9.68 Å². The molecule has 0 saturated heterocycles. The lowest BCUT2D eigenvalue weighted by atomic mass is 10.2. The van der Waals surface area contributed by atoms with Gasteiger partial charge in [-0.1, -0.05) is 16.8 Å². The molecule has 0 radical (unpaired) electrons. The largest absolute Gasteiger partial charge is 0.335 e. The van der Waals surface area contributed by atoms with Crippen LogP contribution in [0.25, 0.3) is 0 Å². The number of hydroxylamine groups is 2. The van der Waals surface area contributed by atoms with Gasteiger partial charge < -0.3 is 0 Å². The van der Waals surface area contributed by atoms with Crippen LogP contribution in [0.2, 0.25) is 5.02 Å². The van der Waals surface area contributed by atoms with E-state index in [-0.39, 0.29) is 0 Å². The van der Waals surface area contributed by atoms with Crippen molar-refractivity contribution in [3.63, 3.8) is 0 Å². The minimum atomic E-state index is -0.496. The van der Waals surface area contributed by atoms with E-state index in [4.69, 9.17) is 11.6 Å². The van der Waals surface area contributed by atoms with Crippen LogP contribution in [0.4, 0.5) is 4.79 Å².